The molecule has 82 valence electrons. The van der Waals surface area contributed by atoms with Gasteiger partial charge in [-0.05, 0) is 29.5 Å². The zero-order valence-electron chi connectivity index (χ0n) is 8.58. The number of nitrogens with zero attached hydrogens (tertiary/aromatic N) is 2. The molecule has 15 heavy (non-hydrogen) atoms. The Morgan fingerprint density at radius 2 is 2.33 bits per heavy atom. The molecule has 6 heteroatoms. The molecule has 0 saturated heterocycles. The van der Waals surface area contributed by atoms with Crippen molar-refractivity contribution in [2.75, 3.05) is 7.05 Å². The summed E-state index contributed by atoms with van der Waals surface area (Å²) in [6.07, 6.45) is 1.83. The van der Waals surface area contributed by atoms with Crippen molar-refractivity contribution in [1.82, 2.24) is 14.9 Å². The van der Waals surface area contributed by atoms with Crippen molar-refractivity contribution >= 4 is 28.5 Å². The number of hydrogen-bond donors (Lipinski definition) is 1. The number of hydrogen-bond acceptors (Lipinski definition) is 3. The van der Waals surface area contributed by atoms with Crippen molar-refractivity contribution in [3.05, 3.63) is 25.9 Å². The van der Waals surface area contributed by atoms with E-state index in [2.05, 4.69) is 10.3 Å². The van der Waals surface area contributed by atoms with Crippen molar-refractivity contribution in [2.24, 2.45) is 0 Å². The Morgan fingerprint density at radius 1 is 1.67 bits per heavy atom. The van der Waals surface area contributed by atoms with Crippen LogP contribution in [0.5, 0.6) is 0 Å². The minimum absolute atomic E-state index is 0.0832. The van der Waals surface area contributed by atoms with E-state index < -0.39 is 0 Å². The van der Waals surface area contributed by atoms with Crippen LogP contribution >= 0.6 is 22.6 Å². The second-order valence-corrected chi connectivity index (χ2v) is 4.20. The first-order valence-electron chi connectivity index (χ1n) is 4.48. The van der Waals surface area contributed by atoms with Crippen LogP contribution in [0.3, 0.4) is 0 Å². The van der Waals surface area contributed by atoms with Crippen LogP contribution in [0.25, 0.3) is 0 Å². The largest absolute Gasteiger partial charge is 0.359 e. The second-order valence-electron chi connectivity index (χ2n) is 3.03. The average Bonchev–Trinajstić information content (AvgIpc) is 2.23. The third-order valence-corrected chi connectivity index (χ3v) is 2.79. The van der Waals surface area contributed by atoms with E-state index in [4.69, 9.17) is 0 Å². The molecule has 0 aromatic carbocycles. The molecule has 0 atom stereocenters. The van der Waals surface area contributed by atoms with Gasteiger partial charge in [0.2, 0.25) is 5.91 Å². The van der Waals surface area contributed by atoms with E-state index in [0.29, 0.717) is 22.4 Å². The van der Waals surface area contributed by atoms with E-state index in [9.17, 15) is 9.59 Å². The molecule has 5 nitrogen and oxygen atoms in total. The fourth-order valence-corrected chi connectivity index (χ4v) is 1.58. The summed E-state index contributed by atoms with van der Waals surface area (Å²) in [5, 5.41) is 2.51. The van der Waals surface area contributed by atoms with E-state index in [1.165, 1.54) is 10.8 Å². The zero-order valence-corrected chi connectivity index (χ0v) is 10.7. The number of aromatic nitrogens is 2. The Morgan fingerprint density at radius 3 is 2.93 bits per heavy atom. The normalized spacial score (nSPS) is 10.1. The zero-order chi connectivity index (χ0) is 11.4. The van der Waals surface area contributed by atoms with E-state index in [1.807, 2.05) is 22.6 Å². The Hall–Kier alpha value is -0.920. The molecule has 0 fully saturated rings. The monoisotopic (exact) mass is 321 g/mol. The maximum atomic E-state index is 11.7. The summed E-state index contributed by atoms with van der Waals surface area (Å²) >= 11 is 1.94. The van der Waals surface area contributed by atoms with Crippen molar-refractivity contribution in [3.63, 3.8) is 0 Å². The predicted octanol–water partition coefficient (Wildman–Crippen LogP) is 0.292. The van der Waals surface area contributed by atoms with Crippen LogP contribution in [0.15, 0.2) is 11.0 Å². The average molecular weight is 321 g/mol. The summed E-state index contributed by atoms with van der Waals surface area (Å²) < 4.78 is 2.08. The van der Waals surface area contributed by atoms with E-state index in [1.54, 1.807) is 14.0 Å². The molecule has 0 spiro atoms. The summed E-state index contributed by atoms with van der Waals surface area (Å²) in [6, 6.07) is 0. The molecule has 0 aliphatic rings. The second kappa shape index (κ2) is 5.24. The highest BCUT2D eigenvalue weighted by Crippen LogP contribution is 1.98. The lowest BCUT2D eigenvalue weighted by atomic mass is 10.4. The predicted molar refractivity (Wildman–Crippen MR) is 64.6 cm³/mol. The molecule has 0 aliphatic carbocycles. The van der Waals surface area contributed by atoms with Gasteiger partial charge >= 0.3 is 0 Å². The van der Waals surface area contributed by atoms with Gasteiger partial charge in [0.1, 0.15) is 5.82 Å². The van der Waals surface area contributed by atoms with Crippen LogP contribution < -0.4 is 10.9 Å². The van der Waals surface area contributed by atoms with Crippen LogP contribution in [0.1, 0.15) is 12.2 Å². The molecule has 0 saturated carbocycles. The first kappa shape index (κ1) is 12.2. The Bertz CT molecular complexity index is 428. The molecular formula is C9H12IN3O2. The quantitative estimate of drug-likeness (QED) is 0.814. The van der Waals surface area contributed by atoms with Crippen LogP contribution in [0, 0.1) is 10.5 Å². The topological polar surface area (TPSA) is 64.0 Å². The summed E-state index contributed by atoms with van der Waals surface area (Å²) in [7, 11) is 1.57. The fraction of sp³-hybridized carbons (Fsp3) is 0.444. The van der Waals surface area contributed by atoms with Gasteiger partial charge in [0, 0.05) is 26.2 Å². The van der Waals surface area contributed by atoms with Crippen LogP contribution in [0.2, 0.25) is 0 Å². The molecule has 0 radical (unpaired) electrons. The number of carbonyl (C=O) groups is 1. The maximum absolute atomic E-state index is 11.7. The molecular weight excluding hydrogens is 309 g/mol. The van der Waals surface area contributed by atoms with Crippen molar-refractivity contribution < 1.29 is 4.79 Å². The highest BCUT2D eigenvalue weighted by atomic mass is 127. The molecule has 0 bridgehead atoms. The molecule has 1 aromatic heterocycles. The molecule has 1 heterocycles. The van der Waals surface area contributed by atoms with E-state index in [0.717, 1.165) is 0 Å². The number of aryl methyl sites for hydroxylation is 1. The van der Waals surface area contributed by atoms with Crippen LogP contribution in [0.4, 0.5) is 0 Å². The summed E-state index contributed by atoms with van der Waals surface area (Å²) in [5.74, 6) is 0.546. The Balaban J connectivity index is 2.90. The standard InChI is InChI=1S/C9H12IN3O2/c1-6-12-5-7(10)9(15)13(6)4-3-8(14)11-2/h5H,3-4H2,1-2H3,(H,11,14). The molecule has 1 N–H and O–H groups in total. The SMILES string of the molecule is CNC(=O)CCn1c(C)ncc(I)c1=O. The van der Waals surface area contributed by atoms with Gasteiger partial charge < -0.3 is 5.32 Å². The summed E-state index contributed by atoms with van der Waals surface area (Å²) in [6.45, 7) is 2.12. The molecule has 0 aliphatic heterocycles. The molecule has 0 unspecified atom stereocenters. The van der Waals surface area contributed by atoms with Gasteiger partial charge in [-0.25, -0.2) is 4.98 Å². The van der Waals surface area contributed by atoms with Gasteiger partial charge in [0.25, 0.3) is 5.56 Å². The van der Waals surface area contributed by atoms with Gasteiger partial charge in [0.15, 0.2) is 0 Å². The van der Waals surface area contributed by atoms with Gasteiger partial charge in [-0.3, -0.25) is 14.2 Å². The number of rotatable bonds is 3. The minimum Gasteiger partial charge on any atom is -0.359 e. The first-order chi connectivity index (χ1) is 7.06. The minimum atomic E-state index is -0.0907. The molecule has 1 amide bonds. The number of carbonyl (C=O) groups excluding carboxylic acids is 1. The number of halogens is 1. The van der Waals surface area contributed by atoms with Crippen molar-refractivity contribution in [3.8, 4) is 0 Å². The van der Waals surface area contributed by atoms with E-state index >= 15 is 0 Å². The van der Waals surface area contributed by atoms with Gasteiger partial charge in [-0.1, -0.05) is 0 Å². The smallest absolute Gasteiger partial charge is 0.266 e. The van der Waals surface area contributed by atoms with Crippen LogP contribution in [-0.2, 0) is 11.3 Å². The molecule has 1 aromatic rings. The maximum Gasteiger partial charge on any atom is 0.266 e. The summed E-state index contributed by atoms with van der Waals surface area (Å²) in [5.41, 5.74) is -0.0907. The highest BCUT2D eigenvalue weighted by Gasteiger charge is 2.06. The van der Waals surface area contributed by atoms with Crippen molar-refractivity contribution in [2.45, 2.75) is 19.9 Å². The fourth-order valence-electron chi connectivity index (χ4n) is 1.15. The first-order valence-corrected chi connectivity index (χ1v) is 5.56. The number of amides is 1. The third-order valence-electron chi connectivity index (χ3n) is 2.05. The highest BCUT2D eigenvalue weighted by molar-refractivity contribution is 14.1. The number of nitrogens with one attached hydrogen (secondary N) is 1. The Kier molecular flexibility index (Phi) is 4.25. The Labute approximate surface area is 101 Å². The lowest BCUT2D eigenvalue weighted by Gasteiger charge is -2.08. The third kappa shape index (κ3) is 3.01. The molecule has 1 rings (SSSR count). The van der Waals surface area contributed by atoms with E-state index in [-0.39, 0.29) is 11.5 Å². The van der Waals surface area contributed by atoms with Gasteiger partial charge in [-0.15, -0.1) is 0 Å². The van der Waals surface area contributed by atoms with Gasteiger partial charge in [-0.2, -0.15) is 0 Å². The van der Waals surface area contributed by atoms with Crippen LogP contribution in [-0.4, -0.2) is 22.5 Å². The van der Waals surface area contributed by atoms with Crippen molar-refractivity contribution in [1.29, 1.82) is 0 Å². The lowest BCUT2D eigenvalue weighted by Crippen LogP contribution is -2.28. The lowest BCUT2D eigenvalue weighted by molar-refractivity contribution is -0.120. The van der Waals surface area contributed by atoms with Gasteiger partial charge in [0.05, 0.1) is 3.57 Å². The summed E-state index contributed by atoms with van der Waals surface area (Å²) in [4.78, 5) is 26.8.